The number of rotatable bonds is 1. The fraction of sp³-hybridized carbons (Fsp3) is 0.300. The minimum Gasteiger partial charge on any atom is -0.397 e. The third-order valence-corrected chi connectivity index (χ3v) is 2.71. The Labute approximate surface area is 87.4 Å². The summed E-state index contributed by atoms with van der Waals surface area (Å²) >= 11 is 5.80. The number of benzene rings is 1. The summed E-state index contributed by atoms with van der Waals surface area (Å²) in [5.41, 5.74) is 7.02. The number of nitrogen functional groups attached to an aromatic ring is 1. The number of carbonyl (C=O) groups is 1. The molecule has 4 heteroatoms. The van der Waals surface area contributed by atoms with Crippen LogP contribution in [0.3, 0.4) is 0 Å². The predicted molar refractivity (Wildman–Crippen MR) is 57.5 cm³/mol. The van der Waals surface area contributed by atoms with Crippen LogP contribution in [0.4, 0.5) is 11.4 Å². The lowest BCUT2D eigenvalue weighted by Gasteiger charge is -2.16. The molecule has 1 saturated heterocycles. The summed E-state index contributed by atoms with van der Waals surface area (Å²) in [5, 5.41) is 0.528. The van der Waals surface area contributed by atoms with E-state index in [1.807, 2.05) is 6.07 Å². The number of hydrogen-bond acceptors (Lipinski definition) is 2. The van der Waals surface area contributed by atoms with E-state index >= 15 is 0 Å². The standard InChI is InChI=1S/C10H11ClN2O/c11-8-4-3-7(6-9(8)12)13-5-1-2-10(13)14/h3-4,6H,1-2,5,12H2. The fourth-order valence-corrected chi connectivity index (χ4v) is 1.74. The van der Waals surface area contributed by atoms with Crippen LogP contribution in [-0.2, 0) is 4.79 Å². The molecule has 0 saturated carbocycles. The average Bonchev–Trinajstić information content (AvgIpc) is 2.57. The van der Waals surface area contributed by atoms with E-state index in [2.05, 4.69) is 0 Å². The Balaban J connectivity index is 2.32. The van der Waals surface area contributed by atoms with Crippen molar-refractivity contribution >= 4 is 28.9 Å². The summed E-state index contributed by atoms with van der Waals surface area (Å²) in [5.74, 6) is 0.159. The minimum atomic E-state index is 0.159. The number of carbonyl (C=O) groups excluding carboxylic acids is 1. The number of nitrogens with zero attached hydrogens (tertiary/aromatic N) is 1. The molecular formula is C10H11ClN2O. The highest BCUT2D eigenvalue weighted by Crippen LogP contribution is 2.27. The van der Waals surface area contributed by atoms with Gasteiger partial charge in [0.25, 0.3) is 0 Å². The average molecular weight is 211 g/mol. The largest absolute Gasteiger partial charge is 0.397 e. The van der Waals surface area contributed by atoms with Crippen LogP contribution in [0.2, 0.25) is 5.02 Å². The van der Waals surface area contributed by atoms with Crippen molar-refractivity contribution in [1.82, 2.24) is 0 Å². The van der Waals surface area contributed by atoms with Crippen molar-refractivity contribution in [1.29, 1.82) is 0 Å². The van der Waals surface area contributed by atoms with Crippen LogP contribution in [0.15, 0.2) is 18.2 Å². The van der Waals surface area contributed by atoms with Gasteiger partial charge in [-0.2, -0.15) is 0 Å². The highest BCUT2D eigenvalue weighted by atomic mass is 35.5. The lowest BCUT2D eigenvalue weighted by atomic mass is 10.2. The molecule has 14 heavy (non-hydrogen) atoms. The molecule has 1 fully saturated rings. The third-order valence-electron chi connectivity index (χ3n) is 2.36. The van der Waals surface area contributed by atoms with Crippen LogP contribution in [0.5, 0.6) is 0 Å². The first-order chi connectivity index (χ1) is 6.68. The smallest absolute Gasteiger partial charge is 0.227 e. The van der Waals surface area contributed by atoms with Gasteiger partial charge in [-0.1, -0.05) is 11.6 Å². The SMILES string of the molecule is Nc1cc(N2CCCC2=O)ccc1Cl. The Morgan fingerprint density at radius 1 is 1.43 bits per heavy atom. The van der Waals surface area contributed by atoms with Gasteiger partial charge in [0.1, 0.15) is 0 Å². The van der Waals surface area contributed by atoms with Crippen LogP contribution < -0.4 is 10.6 Å². The molecule has 0 aromatic heterocycles. The first-order valence-corrected chi connectivity index (χ1v) is 4.91. The quantitative estimate of drug-likeness (QED) is 0.722. The maximum atomic E-state index is 11.4. The van der Waals surface area contributed by atoms with E-state index in [1.165, 1.54) is 0 Å². The summed E-state index contributed by atoms with van der Waals surface area (Å²) < 4.78 is 0. The van der Waals surface area contributed by atoms with E-state index in [1.54, 1.807) is 17.0 Å². The van der Waals surface area contributed by atoms with E-state index in [0.717, 1.165) is 18.7 Å². The van der Waals surface area contributed by atoms with Gasteiger partial charge in [0.05, 0.1) is 10.7 Å². The van der Waals surface area contributed by atoms with E-state index in [4.69, 9.17) is 17.3 Å². The minimum absolute atomic E-state index is 0.159. The molecule has 1 aromatic carbocycles. The molecule has 0 spiro atoms. The monoisotopic (exact) mass is 210 g/mol. The third kappa shape index (κ3) is 1.55. The van der Waals surface area contributed by atoms with Crippen molar-refractivity contribution in [2.75, 3.05) is 17.2 Å². The molecular weight excluding hydrogens is 200 g/mol. The van der Waals surface area contributed by atoms with E-state index in [9.17, 15) is 4.79 Å². The van der Waals surface area contributed by atoms with E-state index in [0.29, 0.717) is 17.1 Å². The lowest BCUT2D eigenvalue weighted by Crippen LogP contribution is -2.23. The number of halogens is 1. The Kier molecular flexibility index (Phi) is 2.33. The van der Waals surface area contributed by atoms with Crippen LogP contribution in [0.1, 0.15) is 12.8 Å². The summed E-state index contributed by atoms with van der Waals surface area (Å²) in [6.07, 6.45) is 1.55. The van der Waals surface area contributed by atoms with Gasteiger partial charge < -0.3 is 10.6 Å². The number of nitrogens with two attached hydrogens (primary N) is 1. The van der Waals surface area contributed by atoms with Gasteiger partial charge in [-0.3, -0.25) is 4.79 Å². The molecule has 1 amide bonds. The lowest BCUT2D eigenvalue weighted by molar-refractivity contribution is -0.117. The van der Waals surface area contributed by atoms with Crippen molar-refractivity contribution in [2.24, 2.45) is 0 Å². The van der Waals surface area contributed by atoms with E-state index in [-0.39, 0.29) is 5.91 Å². The van der Waals surface area contributed by atoms with Crippen molar-refractivity contribution in [2.45, 2.75) is 12.8 Å². The Morgan fingerprint density at radius 2 is 2.21 bits per heavy atom. The van der Waals surface area contributed by atoms with Gasteiger partial charge in [0, 0.05) is 18.7 Å². The molecule has 3 nitrogen and oxygen atoms in total. The first kappa shape index (κ1) is 9.34. The highest BCUT2D eigenvalue weighted by molar-refractivity contribution is 6.33. The highest BCUT2D eigenvalue weighted by Gasteiger charge is 2.21. The maximum absolute atomic E-state index is 11.4. The Bertz CT molecular complexity index is 378. The van der Waals surface area contributed by atoms with Gasteiger partial charge >= 0.3 is 0 Å². The molecule has 0 radical (unpaired) electrons. The van der Waals surface area contributed by atoms with Gasteiger partial charge in [0.2, 0.25) is 5.91 Å². The normalized spacial score (nSPS) is 16.4. The second-order valence-electron chi connectivity index (χ2n) is 3.35. The topological polar surface area (TPSA) is 46.3 Å². The molecule has 0 aliphatic carbocycles. The van der Waals surface area contributed by atoms with Crippen molar-refractivity contribution in [3.8, 4) is 0 Å². The van der Waals surface area contributed by atoms with Crippen molar-refractivity contribution in [3.63, 3.8) is 0 Å². The first-order valence-electron chi connectivity index (χ1n) is 4.54. The molecule has 2 rings (SSSR count). The van der Waals surface area contributed by atoms with Crippen LogP contribution >= 0.6 is 11.6 Å². The summed E-state index contributed by atoms with van der Waals surface area (Å²) in [6.45, 7) is 0.778. The predicted octanol–water partition coefficient (Wildman–Crippen LogP) is 2.05. The molecule has 0 atom stereocenters. The Morgan fingerprint density at radius 3 is 2.79 bits per heavy atom. The second-order valence-corrected chi connectivity index (χ2v) is 3.76. The number of amides is 1. The molecule has 74 valence electrons. The molecule has 1 aliphatic rings. The van der Waals surface area contributed by atoms with Crippen LogP contribution in [-0.4, -0.2) is 12.5 Å². The number of hydrogen-bond donors (Lipinski definition) is 1. The van der Waals surface area contributed by atoms with Crippen molar-refractivity contribution in [3.05, 3.63) is 23.2 Å². The molecule has 1 heterocycles. The van der Waals surface area contributed by atoms with Crippen LogP contribution in [0, 0.1) is 0 Å². The van der Waals surface area contributed by atoms with Gasteiger partial charge in [-0.15, -0.1) is 0 Å². The molecule has 1 aliphatic heterocycles. The molecule has 2 N–H and O–H groups in total. The van der Waals surface area contributed by atoms with E-state index < -0.39 is 0 Å². The summed E-state index contributed by atoms with van der Waals surface area (Å²) in [4.78, 5) is 13.2. The van der Waals surface area contributed by atoms with Gasteiger partial charge in [-0.05, 0) is 24.6 Å². The fourth-order valence-electron chi connectivity index (χ4n) is 1.62. The van der Waals surface area contributed by atoms with Gasteiger partial charge in [0.15, 0.2) is 0 Å². The summed E-state index contributed by atoms with van der Waals surface area (Å²) in [6, 6.07) is 5.28. The maximum Gasteiger partial charge on any atom is 0.227 e. The molecule has 0 unspecified atom stereocenters. The molecule has 1 aromatic rings. The summed E-state index contributed by atoms with van der Waals surface area (Å²) in [7, 11) is 0. The van der Waals surface area contributed by atoms with Crippen LogP contribution in [0.25, 0.3) is 0 Å². The zero-order chi connectivity index (χ0) is 10.1. The number of anilines is 2. The second kappa shape index (κ2) is 3.50. The molecule has 0 bridgehead atoms. The van der Waals surface area contributed by atoms with Gasteiger partial charge in [-0.25, -0.2) is 0 Å². The Hall–Kier alpha value is -1.22. The zero-order valence-electron chi connectivity index (χ0n) is 7.66. The van der Waals surface area contributed by atoms with Crippen molar-refractivity contribution < 1.29 is 4.79 Å². The zero-order valence-corrected chi connectivity index (χ0v) is 8.42.